The van der Waals surface area contributed by atoms with Gasteiger partial charge in [0.05, 0.1) is 12.0 Å². The molecule has 0 saturated heterocycles. The number of methoxy groups -OCH3 is 1. The molecule has 0 saturated carbocycles. The highest BCUT2D eigenvalue weighted by molar-refractivity contribution is 5.62. The number of hydrogen-bond acceptors (Lipinski definition) is 4. The Morgan fingerprint density at radius 3 is 2.71 bits per heavy atom. The maximum atomic E-state index is 11.1. The molecule has 2 aromatic carbocycles. The van der Waals surface area contributed by atoms with Crippen molar-refractivity contribution >= 4 is 11.4 Å². The molecular weight excluding hydrogens is 268 g/mol. The minimum Gasteiger partial charge on any atom is -0.496 e. The number of rotatable bonds is 6. The first-order valence-corrected chi connectivity index (χ1v) is 6.72. The maximum absolute atomic E-state index is 11.1. The van der Waals surface area contributed by atoms with E-state index in [9.17, 15) is 10.1 Å². The zero-order valence-electron chi connectivity index (χ0n) is 12.1. The summed E-state index contributed by atoms with van der Waals surface area (Å²) >= 11 is 0. The Morgan fingerprint density at radius 2 is 2.00 bits per heavy atom. The van der Waals surface area contributed by atoms with Gasteiger partial charge in [-0.15, -0.1) is 0 Å². The van der Waals surface area contributed by atoms with Crippen LogP contribution >= 0.6 is 0 Å². The number of aryl methyl sites for hydroxylation is 1. The first kappa shape index (κ1) is 14.8. The number of benzene rings is 2. The summed E-state index contributed by atoms with van der Waals surface area (Å²) in [5.74, 6) is 0.831. The fourth-order valence-electron chi connectivity index (χ4n) is 2.18. The van der Waals surface area contributed by atoms with Crippen molar-refractivity contribution in [3.63, 3.8) is 0 Å². The minimum absolute atomic E-state index is 0.107. The Hall–Kier alpha value is -2.56. The SMILES string of the molecule is COc1ccccc1CCNc1ccc(C)cc1[N+](=O)[O-]. The van der Waals surface area contributed by atoms with Crippen LogP contribution in [0.3, 0.4) is 0 Å². The smallest absolute Gasteiger partial charge is 0.292 e. The van der Waals surface area contributed by atoms with Crippen LogP contribution in [0.4, 0.5) is 11.4 Å². The van der Waals surface area contributed by atoms with Crippen molar-refractivity contribution in [1.82, 2.24) is 0 Å². The predicted octanol–water partition coefficient (Wildman–Crippen LogP) is 3.57. The van der Waals surface area contributed by atoms with Gasteiger partial charge in [-0.3, -0.25) is 10.1 Å². The van der Waals surface area contributed by atoms with E-state index in [4.69, 9.17) is 4.74 Å². The fraction of sp³-hybridized carbons (Fsp3) is 0.250. The number of hydrogen-bond donors (Lipinski definition) is 1. The highest BCUT2D eigenvalue weighted by Crippen LogP contribution is 2.25. The fourth-order valence-corrected chi connectivity index (χ4v) is 2.18. The van der Waals surface area contributed by atoms with E-state index < -0.39 is 0 Å². The van der Waals surface area contributed by atoms with Crippen LogP contribution in [-0.2, 0) is 6.42 Å². The number of anilines is 1. The van der Waals surface area contributed by atoms with E-state index in [2.05, 4.69) is 5.32 Å². The number of nitrogens with zero attached hydrogens (tertiary/aromatic N) is 1. The van der Waals surface area contributed by atoms with Gasteiger partial charge in [-0.1, -0.05) is 24.3 Å². The summed E-state index contributed by atoms with van der Waals surface area (Å²) in [6.07, 6.45) is 0.731. The molecule has 0 aliphatic heterocycles. The van der Waals surface area contributed by atoms with Gasteiger partial charge >= 0.3 is 0 Å². The first-order chi connectivity index (χ1) is 10.1. The van der Waals surface area contributed by atoms with Crippen molar-refractivity contribution in [2.24, 2.45) is 0 Å². The van der Waals surface area contributed by atoms with E-state index in [-0.39, 0.29) is 10.6 Å². The van der Waals surface area contributed by atoms with Crippen molar-refractivity contribution in [3.8, 4) is 5.75 Å². The van der Waals surface area contributed by atoms with E-state index in [1.54, 1.807) is 19.2 Å². The standard InChI is InChI=1S/C16H18N2O3/c1-12-7-8-14(15(11-12)18(19)20)17-10-9-13-5-3-4-6-16(13)21-2/h3-8,11,17H,9-10H2,1-2H3. The molecule has 0 bridgehead atoms. The molecule has 5 nitrogen and oxygen atoms in total. The van der Waals surface area contributed by atoms with Crippen molar-refractivity contribution in [3.05, 3.63) is 63.7 Å². The van der Waals surface area contributed by atoms with Crippen LogP contribution in [0.15, 0.2) is 42.5 Å². The van der Waals surface area contributed by atoms with Gasteiger partial charge in [-0.05, 0) is 36.6 Å². The van der Waals surface area contributed by atoms with Crippen LogP contribution in [0.5, 0.6) is 5.75 Å². The summed E-state index contributed by atoms with van der Waals surface area (Å²) in [7, 11) is 1.64. The quantitative estimate of drug-likeness (QED) is 0.651. The van der Waals surface area contributed by atoms with E-state index in [0.29, 0.717) is 12.2 Å². The van der Waals surface area contributed by atoms with Gasteiger partial charge in [0.25, 0.3) is 5.69 Å². The lowest BCUT2D eigenvalue weighted by Crippen LogP contribution is -2.07. The molecule has 110 valence electrons. The van der Waals surface area contributed by atoms with Crippen molar-refractivity contribution in [2.45, 2.75) is 13.3 Å². The zero-order valence-corrected chi connectivity index (χ0v) is 12.1. The maximum Gasteiger partial charge on any atom is 0.292 e. The molecule has 2 rings (SSSR count). The van der Waals surface area contributed by atoms with E-state index in [1.807, 2.05) is 37.3 Å². The second-order valence-electron chi connectivity index (χ2n) is 4.77. The number of para-hydroxylation sites is 1. The Labute approximate surface area is 123 Å². The van der Waals surface area contributed by atoms with Gasteiger partial charge in [0.15, 0.2) is 0 Å². The topological polar surface area (TPSA) is 64.4 Å². The number of ether oxygens (including phenoxy) is 1. The molecule has 0 aromatic heterocycles. The van der Waals surface area contributed by atoms with Crippen LogP contribution in [-0.4, -0.2) is 18.6 Å². The van der Waals surface area contributed by atoms with Crippen molar-refractivity contribution in [1.29, 1.82) is 0 Å². The summed E-state index contributed by atoms with van der Waals surface area (Å²) in [4.78, 5) is 10.7. The van der Waals surface area contributed by atoms with Gasteiger partial charge in [-0.2, -0.15) is 0 Å². The van der Waals surface area contributed by atoms with Crippen molar-refractivity contribution < 1.29 is 9.66 Å². The molecule has 0 heterocycles. The Morgan fingerprint density at radius 1 is 1.24 bits per heavy atom. The summed E-state index contributed by atoms with van der Waals surface area (Å²) in [6, 6.07) is 12.9. The van der Waals surface area contributed by atoms with Gasteiger partial charge < -0.3 is 10.1 Å². The third-order valence-electron chi connectivity index (χ3n) is 3.25. The Kier molecular flexibility index (Phi) is 4.77. The number of nitrogens with one attached hydrogen (secondary N) is 1. The largest absolute Gasteiger partial charge is 0.496 e. The Balaban J connectivity index is 2.05. The highest BCUT2D eigenvalue weighted by Gasteiger charge is 2.13. The zero-order chi connectivity index (χ0) is 15.2. The third kappa shape index (κ3) is 3.72. The number of nitro groups is 1. The summed E-state index contributed by atoms with van der Waals surface area (Å²) in [5.41, 5.74) is 2.59. The monoisotopic (exact) mass is 286 g/mol. The minimum atomic E-state index is -0.363. The molecule has 21 heavy (non-hydrogen) atoms. The average Bonchev–Trinajstić information content (AvgIpc) is 2.49. The van der Waals surface area contributed by atoms with Gasteiger partial charge in [0.1, 0.15) is 11.4 Å². The second-order valence-corrected chi connectivity index (χ2v) is 4.77. The van der Waals surface area contributed by atoms with Crippen LogP contribution in [0.25, 0.3) is 0 Å². The van der Waals surface area contributed by atoms with Gasteiger partial charge in [-0.25, -0.2) is 0 Å². The lowest BCUT2D eigenvalue weighted by atomic mass is 10.1. The number of nitro benzene ring substituents is 1. The molecule has 0 amide bonds. The molecule has 0 spiro atoms. The second kappa shape index (κ2) is 6.74. The van der Waals surface area contributed by atoms with Crippen LogP contribution < -0.4 is 10.1 Å². The highest BCUT2D eigenvalue weighted by atomic mass is 16.6. The van der Waals surface area contributed by atoms with E-state index in [0.717, 1.165) is 23.3 Å². The summed E-state index contributed by atoms with van der Waals surface area (Å²) < 4.78 is 5.29. The summed E-state index contributed by atoms with van der Waals surface area (Å²) in [5, 5.41) is 14.2. The molecule has 1 N–H and O–H groups in total. The van der Waals surface area contributed by atoms with Crippen molar-refractivity contribution in [2.75, 3.05) is 19.0 Å². The van der Waals surface area contributed by atoms with Gasteiger partial charge in [0.2, 0.25) is 0 Å². The summed E-state index contributed by atoms with van der Waals surface area (Å²) in [6.45, 7) is 2.44. The normalized spacial score (nSPS) is 10.2. The lowest BCUT2D eigenvalue weighted by molar-refractivity contribution is -0.384. The van der Waals surface area contributed by atoms with Crippen LogP contribution in [0, 0.1) is 17.0 Å². The molecular formula is C16H18N2O3. The molecule has 0 fully saturated rings. The molecule has 0 aliphatic rings. The Bertz CT molecular complexity index is 641. The van der Waals surface area contributed by atoms with Gasteiger partial charge in [0, 0.05) is 12.6 Å². The predicted molar refractivity (Wildman–Crippen MR) is 83.0 cm³/mol. The molecule has 0 radical (unpaired) electrons. The van der Waals surface area contributed by atoms with E-state index in [1.165, 1.54) is 0 Å². The first-order valence-electron chi connectivity index (χ1n) is 6.72. The lowest BCUT2D eigenvalue weighted by Gasteiger charge is -2.10. The van der Waals surface area contributed by atoms with Crippen LogP contribution in [0.2, 0.25) is 0 Å². The molecule has 2 aromatic rings. The molecule has 0 atom stereocenters. The average molecular weight is 286 g/mol. The third-order valence-corrected chi connectivity index (χ3v) is 3.25. The van der Waals surface area contributed by atoms with E-state index >= 15 is 0 Å². The molecule has 0 aliphatic carbocycles. The molecule has 5 heteroatoms. The molecule has 0 unspecified atom stereocenters. The van der Waals surface area contributed by atoms with Crippen LogP contribution in [0.1, 0.15) is 11.1 Å².